The number of halogens is 1. The van der Waals surface area contributed by atoms with Crippen LogP contribution in [0.5, 0.6) is 0 Å². The predicted molar refractivity (Wildman–Crippen MR) is 95.4 cm³/mol. The van der Waals surface area contributed by atoms with Crippen LogP contribution in [0.15, 0.2) is 59.5 Å². The van der Waals surface area contributed by atoms with Gasteiger partial charge in [-0.05, 0) is 34.4 Å². The van der Waals surface area contributed by atoms with Crippen LogP contribution in [0.1, 0.15) is 5.56 Å². The molecule has 0 saturated carbocycles. The van der Waals surface area contributed by atoms with E-state index in [2.05, 4.69) is 40.4 Å². The molecule has 0 amide bonds. The summed E-state index contributed by atoms with van der Waals surface area (Å²) >= 11 is 2.35. The summed E-state index contributed by atoms with van der Waals surface area (Å²) in [5.41, 5.74) is 2.94. The molecule has 0 fully saturated rings. The van der Waals surface area contributed by atoms with Gasteiger partial charge in [0.05, 0.1) is 0 Å². The van der Waals surface area contributed by atoms with Gasteiger partial charge in [0.2, 0.25) is 0 Å². The Morgan fingerprint density at radius 3 is 2.26 bits per heavy atom. The van der Waals surface area contributed by atoms with Gasteiger partial charge in [0, 0.05) is 10.5 Å². The molecular formula is C15H16BIOS. The summed E-state index contributed by atoms with van der Waals surface area (Å²) in [6.07, 6.45) is 0. The van der Waals surface area contributed by atoms with Crippen molar-refractivity contribution in [3.05, 3.63) is 60.2 Å². The number of hydrogen-bond acceptors (Lipinski definition) is 1. The van der Waals surface area contributed by atoms with E-state index < -0.39 is 9.52 Å². The molecule has 19 heavy (non-hydrogen) atoms. The predicted octanol–water partition coefficient (Wildman–Crippen LogP) is 2.94. The Labute approximate surface area is 129 Å². The van der Waals surface area contributed by atoms with E-state index in [1.807, 2.05) is 49.4 Å². The maximum atomic E-state index is 12.8. The highest BCUT2D eigenvalue weighted by atomic mass is 127. The zero-order valence-corrected chi connectivity index (χ0v) is 13.9. The standard InChI is InChI=1S/C15H16BIOS/c1-13-8-10-15(11-9-13)19(2,18)12-16(17)14-6-4-3-5-7-14/h3-11H,2,12H2,1H3. The molecule has 0 aliphatic rings. The van der Waals surface area contributed by atoms with E-state index in [1.54, 1.807) is 0 Å². The van der Waals surface area contributed by atoms with Crippen molar-refractivity contribution in [2.75, 3.05) is 5.65 Å². The first-order chi connectivity index (χ1) is 8.99. The van der Waals surface area contributed by atoms with Gasteiger partial charge in [-0.15, -0.1) is 22.4 Å². The molecular weight excluding hydrogens is 366 g/mol. The highest BCUT2D eigenvalue weighted by molar-refractivity contribution is 14.1. The lowest BCUT2D eigenvalue weighted by molar-refractivity contribution is 0.684. The highest BCUT2D eigenvalue weighted by Crippen LogP contribution is 2.14. The average Bonchev–Trinajstić information content (AvgIpc) is 2.40. The molecule has 0 saturated heterocycles. The first kappa shape index (κ1) is 14.7. The molecule has 0 aliphatic heterocycles. The Kier molecular flexibility index (Phi) is 4.74. The second-order valence-corrected chi connectivity index (χ2v) is 8.60. The molecule has 1 nitrogen and oxygen atoms in total. The fourth-order valence-corrected chi connectivity index (χ4v) is 5.52. The molecule has 2 aromatic rings. The van der Waals surface area contributed by atoms with E-state index >= 15 is 0 Å². The molecule has 0 aliphatic carbocycles. The molecule has 0 spiro atoms. The number of rotatable bonds is 4. The molecule has 98 valence electrons. The van der Waals surface area contributed by atoms with Gasteiger partial charge in [-0.1, -0.05) is 53.5 Å². The summed E-state index contributed by atoms with van der Waals surface area (Å²) in [4.78, 5) is 0.843. The van der Waals surface area contributed by atoms with Gasteiger partial charge in [0.25, 0.3) is 4.57 Å². The normalized spacial score (nSPS) is 13.8. The number of aryl methyl sites for hydroxylation is 1. The fourth-order valence-electron chi connectivity index (χ4n) is 1.88. The maximum Gasteiger partial charge on any atom is 0.262 e. The van der Waals surface area contributed by atoms with Crippen molar-refractivity contribution < 1.29 is 4.21 Å². The topological polar surface area (TPSA) is 17.1 Å². The summed E-state index contributed by atoms with van der Waals surface area (Å²) in [6.45, 7) is 2.03. The molecule has 0 bridgehead atoms. The molecule has 0 heterocycles. The van der Waals surface area contributed by atoms with Crippen molar-refractivity contribution in [3.63, 3.8) is 0 Å². The number of hydrogen-bond donors (Lipinski definition) is 0. The zero-order valence-electron chi connectivity index (χ0n) is 10.9. The first-order valence-corrected chi connectivity index (χ1v) is 9.24. The SMILES string of the molecule is C=S(=O)(CB(I)c1ccccc1)c1ccc(C)cc1. The molecule has 4 heteroatoms. The minimum atomic E-state index is -2.23. The van der Waals surface area contributed by atoms with E-state index in [9.17, 15) is 4.21 Å². The van der Waals surface area contributed by atoms with Crippen LogP contribution in [-0.2, 0) is 9.52 Å². The Morgan fingerprint density at radius 2 is 1.68 bits per heavy atom. The van der Waals surface area contributed by atoms with Gasteiger partial charge in [0.15, 0.2) is 0 Å². The molecule has 1 unspecified atom stereocenters. The monoisotopic (exact) mass is 382 g/mol. The van der Waals surface area contributed by atoms with Gasteiger partial charge >= 0.3 is 0 Å². The van der Waals surface area contributed by atoms with Gasteiger partial charge in [-0.25, -0.2) is 0 Å². The Balaban J connectivity index is 2.20. The Hall–Kier alpha value is -0.745. The maximum absolute atomic E-state index is 12.8. The summed E-state index contributed by atoms with van der Waals surface area (Å²) in [5, 5.41) is 0. The highest BCUT2D eigenvalue weighted by Gasteiger charge is 2.19. The summed E-state index contributed by atoms with van der Waals surface area (Å²) < 4.78 is 13.0. The summed E-state index contributed by atoms with van der Waals surface area (Å²) in [5.74, 6) is 3.96. The third-order valence-corrected chi connectivity index (χ3v) is 6.79. The van der Waals surface area contributed by atoms with Crippen LogP contribution in [0.4, 0.5) is 0 Å². The number of benzene rings is 2. The second-order valence-electron chi connectivity index (χ2n) is 4.67. The van der Waals surface area contributed by atoms with E-state index in [4.69, 9.17) is 0 Å². The van der Waals surface area contributed by atoms with Crippen molar-refractivity contribution in [1.82, 2.24) is 0 Å². The molecule has 0 aromatic heterocycles. The van der Waals surface area contributed by atoms with Crippen molar-refractivity contribution in [1.29, 1.82) is 0 Å². The lowest BCUT2D eigenvalue weighted by Gasteiger charge is -2.12. The van der Waals surface area contributed by atoms with Gasteiger partial charge in [-0.2, -0.15) is 0 Å². The van der Waals surface area contributed by atoms with E-state index in [0.717, 1.165) is 4.90 Å². The minimum Gasteiger partial charge on any atom is -0.264 e. The fraction of sp³-hybridized carbons (Fsp3) is 0.133. The van der Waals surface area contributed by atoms with E-state index in [-0.39, 0.29) is 4.57 Å². The molecule has 1 atom stereocenters. The second kappa shape index (κ2) is 6.14. The molecule has 2 aromatic carbocycles. The van der Waals surface area contributed by atoms with Crippen molar-refractivity contribution in [3.8, 4) is 0 Å². The quantitative estimate of drug-likeness (QED) is 0.452. The Morgan fingerprint density at radius 1 is 1.11 bits per heavy atom. The molecule has 0 N–H and O–H groups in total. The van der Waals surface area contributed by atoms with Gasteiger partial charge < -0.3 is 0 Å². The van der Waals surface area contributed by atoms with Crippen LogP contribution in [0.2, 0.25) is 0 Å². The summed E-state index contributed by atoms with van der Waals surface area (Å²) in [7, 11) is -2.23. The van der Waals surface area contributed by atoms with Crippen molar-refractivity contribution in [2.45, 2.75) is 11.8 Å². The van der Waals surface area contributed by atoms with Crippen LogP contribution in [0.25, 0.3) is 0 Å². The zero-order chi connectivity index (χ0) is 13.9. The summed E-state index contributed by atoms with van der Waals surface area (Å²) in [6, 6.07) is 18.0. The van der Waals surface area contributed by atoms with Crippen LogP contribution >= 0.6 is 22.4 Å². The van der Waals surface area contributed by atoms with Crippen LogP contribution in [-0.4, -0.2) is 20.3 Å². The first-order valence-electron chi connectivity index (χ1n) is 6.10. The average molecular weight is 382 g/mol. The van der Waals surface area contributed by atoms with Crippen molar-refractivity contribution in [2.24, 2.45) is 0 Å². The third kappa shape index (κ3) is 3.86. The largest absolute Gasteiger partial charge is 0.264 e. The smallest absolute Gasteiger partial charge is 0.262 e. The van der Waals surface area contributed by atoms with E-state index in [0.29, 0.717) is 5.65 Å². The third-order valence-electron chi connectivity index (χ3n) is 3.03. The molecule has 2 rings (SSSR count). The molecule has 0 radical (unpaired) electrons. The van der Waals surface area contributed by atoms with Gasteiger partial charge in [0.1, 0.15) is 0 Å². The van der Waals surface area contributed by atoms with Crippen LogP contribution in [0, 0.1) is 6.92 Å². The minimum absolute atomic E-state index is 0.213. The lowest BCUT2D eigenvalue weighted by Crippen LogP contribution is -2.31. The Bertz CT molecular complexity index is 636. The van der Waals surface area contributed by atoms with E-state index in [1.165, 1.54) is 11.0 Å². The van der Waals surface area contributed by atoms with Gasteiger partial charge in [-0.3, -0.25) is 4.21 Å². The van der Waals surface area contributed by atoms with Crippen LogP contribution < -0.4 is 5.46 Å². The van der Waals surface area contributed by atoms with Crippen LogP contribution in [0.3, 0.4) is 0 Å². The van der Waals surface area contributed by atoms with Crippen molar-refractivity contribution >= 4 is 47.8 Å². The lowest BCUT2D eigenvalue weighted by atomic mass is 9.73.